The molecule has 130 valence electrons. The van der Waals surface area contributed by atoms with Crippen molar-refractivity contribution in [3.63, 3.8) is 0 Å². The molecule has 0 heterocycles. The predicted octanol–water partition coefficient (Wildman–Crippen LogP) is 4.04. The van der Waals surface area contributed by atoms with E-state index in [-0.39, 0.29) is 12.1 Å². The van der Waals surface area contributed by atoms with E-state index in [4.69, 9.17) is 4.74 Å². The summed E-state index contributed by atoms with van der Waals surface area (Å²) in [7, 11) is 1.74. The maximum Gasteiger partial charge on any atom is 0.0667 e. The number of methoxy groups -OCH3 is 1. The molecule has 0 radical (unpaired) electrons. The third-order valence-corrected chi connectivity index (χ3v) is 4.25. The summed E-state index contributed by atoms with van der Waals surface area (Å²) in [6.07, 6.45) is 1.49. The quantitative estimate of drug-likeness (QED) is 0.715. The van der Waals surface area contributed by atoms with E-state index in [2.05, 4.69) is 60.4 Å². The van der Waals surface area contributed by atoms with Crippen LogP contribution in [0.2, 0.25) is 0 Å². The molecule has 0 aliphatic rings. The molecule has 2 aromatic rings. The van der Waals surface area contributed by atoms with Gasteiger partial charge in [-0.05, 0) is 17.5 Å². The van der Waals surface area contributed by atoms with E-state index < -0.39 is 0 Å². The fourth-order valence-electron chi connectivity index (χ4n) is 3.06. The van der Waals surface area contributed by atoms with Crippen LogP contribution in [0.4, 0.5) is 0 Å². The van der Waals surface area contributed by atoms with Gasteiger partial charge in [-0.2, -0.15) is 0 Å². The fraction of sp³-hybridized carbons (Fsp3) is 0.429. The van der Waals surface area contributed by atoms with E-state index in [0.717, 1.165) is 19.4 Å². The Balaban J connectivity index is 2.23. The zero-order valence-electron chi connectivity index (χ0n) is 14.8. The van der Waals surface area contributed by atoms with Crippen LogP contribution in [-0.2, 0) is 11.3 Å². The smallest absolute Gasteiger partial charge is 0.0667 e. The molecular formula is C21H29NO2. The monoisotopic (exact) mass is 327 g/mol. The summed E-state index contributed by atoms with van der Waals surface area (Å²) in [5, 5.41) is 10.4. The number of rotatable bonds is 10. The van der Waals surface area contributed by atoms with Crippen molar-refractivity contribution in [3.8, 4) is 0 Å². The summed E-state index contributed by atoms with van der Waals surface area (Å²) in [5.74, 6) is 0. The maximum absolute atomic E-state index is 10.4. The second-order valence-electron chi connectivity index (χ2n) is 6.24. The highest BCUT2D eigenvalue weighted by atomic mass is 16.5. The van der Waals surface area contributed by atoms with E-state index in [1.54, 1.807) is 7.11 Å². The Kier molecular flexibility index (Phi) is 7.96. The molecule has 0 aromatic heterocycles. The van der Waals surface area contributed by atoms with E-state index in [9.17, 15) is 5.11 Å². The van der Waals surface area contributed by atoms with Crippen molar-refractivity contribution in [2.45, 2.75) is 38.5 Å². The Labute approximate surface area is 145 Å². The number of hydrogen-bond donors (Lipinski definition) is 1. The molecular weight excluding hydrogens is 298 g/mol. The normalized spacial score (nSPS) is 13.8. The Hall–Kier alpha value is -1.68. The lowest BCUT2D eigenvalue weighted by Crippen LogP contribution is -2.37. The van der Waals surface area contributed by atoms with Gasteiger partial charge in [0.25, 0.3) is 0 Å². The third kappa shape index (κ3) is 5.75. The minimum Gasteiger partial charge on any atom is -0.392 e. The first kappa shape index (κ1) is 18.7. The van der Waals surface area contributed by atoms with E-state index >= 15 is 0 Å². The summed E-state index contributed by atoms with van der Waals surface area (Å²) < 4.78 is 5.50. The molecule has 0 bridgehead atoms. The van der Waals surface area contributed by atoms with Gasteiger partial charge >= 0.3 is 0 Å². The molecule has 2 aromatic carbocycles. The molecule has 1 N–H and O–H groups in total. The molecule has 3 heteroatoms. The van der Waals surface area contributed by atoms with Crippen molar-refractivity contribution >= 4 is 0 Å². The van der Waals surface area contributed by atoms with Gasteiger partial charge in [-0.25, -0.2) is 0 Å². The highest BCUT2D eigenvalue weighted by Crippen LogP contribution is 2.24. The number of hydrogen-bond acceptors (Lipinski definition) is 3. The lowest BCUT2D eigenvalue weighted by Gasteiger charge is -2.33. The topological polar surface area (TPSA) is 32.7 Å². The van der Waals surface area contributed by atoms with Gasteiger partial charge in [-0.15, -0.1) is 0 Å². The minimum absolute atomic E-state index is 0.128. The minimum atomic E-state index is -0.318. The molecule has 0 aliphatic carbocycles. The Bertz CT molecular complexity index is 559. The molecule has 0 saturated carbocycles. The highest BCUT2D eigenvalue weighted by Gasteiger charge is 2.23. The second kappa shape index (κ2) is 10.2. The summed E-state index contributed by atoms with van der Waals surface area (Å²) in [6, 6.07) is 21.0. The third-order valence-electron chi connectivity index (χ3n) is 4.25. The molecule has 2 rings (SSSR count). The average molecular weight is 327 g/mol. The number of aliphatic hydroxyl groups excluding tert-OH is 1. The first-order valence-electron chi connectivity index (χ1n) is 8.74. The maximum atomic E-state index is 10.4. The molecule has 3 nitrogen and oxygen atoms in total. The molecule has 0 unspecified atom stereocenters. The fourth-order valence-corrected chi connectivity index (χ4v) is 3.06. The van der Waals surface area contributed by atoms with Crippen LogP contribution in [-0.4, -0.2) is 36.4 Å². The van der Waals surface area contributed by atoms with Gasteiger partial charge in [0.15, 0.2) is 0 Å². The molecule has 24 heavy (non-hydrogen) atoms. The molecule has 0 amide bonds. The van der Waals surface area contributed by atoms with Crippen LogP contribution in [0.15, 0.2) is 60.7 Å². The van der Waals surface area contributed by atoms with Gasteiger partial charge in [0.1, 0.15) is 0 Å². The van der Waals surface area contributed by atoms with Crippen LogP contribution in [0.1, 0.15) is 36.9 Å². The van der Waals surface area contributed by atoms with Crippen LogP contribution in [0, 0.1) is 0 Å². The van der Waals surface area contributed by atoms with Crippen molar-refractivity contribution in [3.05, 3.63) is 71.8 Å². The number of benzene rings is 2. The SMILES string of the molecule is CCC[C@@H](O)CN(Cc1ccccc1)[C@@H](COC)c1ccccc1. The van der Waals surface area contributed by atoms with Gasteiger partial charge < -0.3 is 9.84 Å². The zero-order valence-corrected chi connectivity index (χ0v) is 14.8. The van der Waals surface area contributed by atoms with Crippen molar-refractivity contribution in [1.29, 1.82) is 0 Å². The Morgan fingerprint density at radius 1 is 1.00 bits per heavy atom. The second-order valence-corrected chi connectivity index (χ2v) is 6.24. The van der Waals surface area contributed by atoms with Crippen LogP contribution in [0.25, 0.3) is 0 Å². The Morgan fingerprint density at radius 3 is 2.21 bits per heavy atom. The van der Waals surface area contributed by atoms with Gasteiger partial charge in [0, 0.05) is 20.2 Å². The number of aliphatic hydroxyl groups is 1. The van der Waals surface area contributed by atoms with E-state index in [1.807, 2.05) is 12.1 Å². The average Bonchev–Trinajstić information content (AvgIpc) is 2.61. The molecule has 0 saturated heterocycles. The highest BCUT2D eigenvalue weighted by molar-refractivity contribution is 5.21. The summed E-state index contributed by atoms with van der Waals surface area (Å²) in [6.45, 7) is 4.15. The van der Waals surface area contributed by atoms with Crippen molar-refractivity contribution in [1.82, 2.24) is 4.90 Å². The van der Waals surface area contributed by atoms with Gasteiger partial charge in [0.05, 0.1) is 18.8 Å². The number of nitrogens with zero attached hydrogens (tertiary/aromatic N) is 1. The van der Waals surface area contributed by atoms with Crippen LogP contribution >= 0.6 is 0 Å². The first-order valence-corrected chi connectivity index (χ1v) is 8.74. The zero-order chi connectivity index (χ0) is 17.2. The van der Waals surface area contributed by atoms with E-state index in [0.29, 0.717) is 13.2 Å². The molecule has 2 atom stereocenters. The van der Waals surface area contributed by atoms with Crippen molar-refractivity contribution < 1.29 is 9.84 Å². The Morgan fingerprint density at radius 2 is 1.62 bits per heavy atom. The summed E-state index contributed by atoms with van der Waals surface area (Å²) in [4.78, 5) is 2.33. The molecule has 0 spiro atoms. The largest absolute Gasteiger partial charge is 0.392 e. The van der Waals surface area contributed by atoms with Crippen LogP contribution in [0.3, 0.4) is 0 Å². The molecule has 0 aliphatic heterocycles. The summed E-state index contributed by atoms with van der Waals surface area (Å²) in [5.41, 5.74) is 2.47. The lowest BCUT2D eigenvalue weighted by atomic mass is 10.0. The van der Waals surface area contributed by atoms with Crippen LogP contribution < -0.4 is 0 Å². The van der Waals surface area contributed by atoms with Crippen LogP contribution in [0.5, 0.6) is 0 Å². The van der Waals surface area contributed by atoms with Gasteiger partial charge in [0.2, 0.25) is 0 Å². The number of ether oxygens (including phenoxy) is 1. The van der Waals surface area contributed by atoms with Gasteiger partial charge in [-0.3, -0.25) is 4.90 Å². The van der Waals surface area contributed by atoms with Gasteiger partial charge in [-0.1, -0.05) is 74.0 Å². The predicted molar refractivity (Wildman–Crippen MR) is 98.8 cm³/mol. The first-order chi connectivity index (χ1) is 11.7. The molecule has 0 fully saturated rings. The van der Waals surface area contributed by atoms with E-state index in [1.165, 1.54) is 11.1 Å². The summed E-state index contributed by atoms with van der Waals surface area (Å²) >= 11 is 0. The standard InChI is InChI=1S/C21H29NO2/c1-3-10-20(23)16-22(15-18-11-6-4-7-12-18)21(17-24-2)19-13-8-5-9-14-19/h4-9,11-14,20-21,23H,3,10,15-17H2,1-2H3/t20-,21+/m1/s1. The van der Waals surface area contributed by atoms with Crippen molar-refractivity contribution in [2.75, 3.05) is 20.3 Å². The van der Waals surface area contributed by atoms with Crippen molar-refractivity contribution in [2.24, 2.45) is 0 Å². The lowest BCUT2D eigenvalue weighted by molar-refractivity contribution is 0.0399.